The average molecular weight is 514 g/mol. The molecule has 0 radical (unpaired) electrons. The summed E-state index contributed by atoms with van der Waals surface area (Å²) < 4.78 is 0. The number of fused-ring (bicyclic) bond motifs is 1. The van der Waals surface area contributed by atoms with Crippen LogP contribution >= 0.6 is 0 Å². The Balaban J connectivity index is 0.000000299. The van der Waals surface area contributed by atoms with Crippen molar-refractivity contribution >= 4 is 17.9 Å². The lowest BCUT2D eigenvalue weighted by atomic mass is 10.0. The molecule has 38 heavy (non-hydrogen) atoms. The summed E-state index contributed by atoms with van der Waals surface area (Å²) in [6, 6.07) is 25.5. The molecule has 0 aromatic heterocycles. The summed E-state index contributed by atoms with van der Waals surface area (Å²) in [6.07, 6.45) is 4.87. The molecule has 1 unspecified atom stereocenters. The van der Waals surface area contributed by atoms with Gasteiger partial charge >= 0.3 is 0 Å². The maximum Gasteiger partial charge on any atom is 0.220 e. The Morgan fingerprint density at radius 1 is 1.03 bits per heavy atom. The zero-order valence-corrected chi connectivity index (χ0v) is 23.5. The first-order valence-electron chi connectivity index (χ1n) is 13.8. The van der Waals surface area contributed by atoms with Gasteiger partial charge in [0.15, 0.2) is 0 Å². The molecule has 3 aromatic carbocycles. The van der Waals surface area contributed by atoms with Crippen LogP contribution in [-0.4, -0.2) is 44.3 Å². The number of carbonyl (C=O) groups is 2. The lowest BCUT2D eigenvalue weighted by Crippen LogP contribution is -2.26. The van der Waals surface area contributed by atoms with Crippen LogP contribution in [0.25, 0.3) is 11.1 Å². The molecule has 1 amide bonds. The minimum atomic E-state index is -0.0958. The summed E-state index contributed by atoms with van der Waals surface area (Å²) in [4.78, 5) is 26.8. The van der Waals surface area contributed by atoms with Crippen LogP contribution in [0.5, 0.6) is 0 Å². The first kappa shape index (κ1) is 29.1. The predicted octanol–water partition coefficient (Wildman–Crippen LogP) is 6.42. The highest BCUT2D eigenvalue weighted by Gasteiger charge is 2.11. The summed E-state index contributed by atoms with van der Waals surface area (Å²) in [5.74, 6) is -0.0958. The van der Waals surface area contributed by atoms with Gasteiger partial charge in [-0.15, -0.1) is 0 Å². The molecule has 0 aliphatic carbocycles. The van der Waals surface area contributed by atoms with Crippen molar-refractivity contribution < 1.29 is 9.59 Å². The molecule has 0 saturated carbocycles. The van der Waals surface area contributed by atoms with Crippen molar-refractivity contribution in [1.82, 2.24) is 10.2 Å². The van der Waals surface area contributed by atoms with E-state index >= 15 is 0 Å². The topological polar surface area (TPSA) is 52.7 Å². The minimum absolute atomic E-state index is 0.0790. The molecule has 0 bridgehead atoms. The zero-order valence-electron chi connectivity index (χ0n) is 23.5. The first-order chi connectivity index (χ1) is 18.4. The van der Waals surface area contributed by atoms with Crippen molar-refractivity contribution in [3.63, 3.8) is 0 Å². The molecular weight excluding hydrogens is 470 g/mol. The third kappa shape index (κ3) is 8.84. The normalized spacial score (nSPS) is 13.5. The molecule has 0 spiro atoms. The Morgan fingerprint density at radius 2 is 1.76 bits per heavy atom. The number of carbonyl (C=O) groups excluding carboxylic acids is 2. The Bertz CT molecular complexity index is 1160. The Hall–Kier alpha value is -3.44. The van der Waals surface area contributed by atoms with Gasteiger partial charge in [0.1, 0.15) is 6.29 Å². The van der Waals surface area contributed by atoms with Gasteiger partial charge in [-0.3, -0.25) is 4.79 Å². The van der Waals surface area contributed by atoms with Gasteiger partial charge in [-0.25, -0.2) is 0 Å². The second kappa shape index (κ2) is 15.1. The largest absolute Gasteiger partial charge is 0.375 e. The number of aldehydes is 1. The maximum atomic E-state index is 11.8. The van der Waals surface area contributed by atoms with Crippen molar-refractivity contribution in [2.75, 3.05) is 32.1 Å². The Kier molecular flexibility index (Phi) is 11.6. The number of benzene rings is 3. The lowest BCUT2D eigenvalue weighted by molar-refractivity contribution is -0.123. The highest BCUT2D eigenvalue weighted by Crippen LogP contribution is 2.26. The summed E-state index contributed by atoms with van der Waals surface area (Å²) in [7, 11) is 4.31. The molecule has 0 saturated heterocycles. The predicted molar refractivity (Wildman–Crippen MR) is 158 cm³/mol. The summed E-state index contributed by atoms with van der Waals surface area (Å²) in [6.45, 7) is 7.54. The molecule has 1 aliphatic rings. The van der Waals surface area contributed by atoms with Crippen LogP contribution in [0, 0.1) is 0 Å². The van der Waals surface area contributed by atoms with Crippen LogP contribution in [-0.2, 0) is 22.6 Å². The fourth-order valence-electron chi connectivity index (χ4n) is 4.64. The van der Waals surface area contributed by atoms with E-state index in [0.717, 1.165) is 30.5 Å². The molecule has 0 fully saturated rings. The lowest BCUT2D eigenvalue weighted by Gasteiger charge is -2.24. The minimum Gasteiger partial charge on any atom is -0.375 e. The van der Waals surface area contributed by atoms with Crippen molar-refractivity contribution in [1.29, 1.82) is 0 Å². The second-order valence-corrected chi connectivity index (χ2v) is 10.2. The van der Waals surface area contributed by atoms with E-state index in [1.54, 1.807) is 0 Å². The van der Waals surface area contributed by atoms with E-state index in [-0.39, 0.29) is 24.8 Å². The van der Waals surface area contributed by atoms with Crippen LogP contribution in [0.4, 0.5) is 5.69 Å². The fourth-order valence-corrected chi connectivity index (χ4v) is 4.64. The third-order valence-electron chi connectivity index (χ3n) is 7.07. The van der Waals surface area contributed by atoms with Crippen molar-refractivity contribution in [2.45, 2.75) is 58.5 Å². The van der Waals surface area contributed by atoms with E-state index in [1.807, 2.05) is 19.1 Å². The van der Waals surface area contributed by atoms with Crippen LogP contribution in [0.2, 0.25) is 0 Å². The quantitative estimate of drug-likeness (QED) is 0.318. The second-order valence-electron chi connectivity index (χ2n) is 10.2. The Morgan fingerprint density at radius 3 is 2.47 bits per heavy atom. The number of rotatable bonds is 10. The molecule has 5 nitrogen and oxygen atoms in total. The SMILES string of the molecule is CCCCN(C)c1cccc(-c2ccc(C(C)NC(=O)CCC=O)cc2)c1.CN1CCc2ccccc2C1. The molecule has 1 atom stereocenters. The molecule has 4 rings (SSSR count). The van der Waals surface area contributed by atoms with E-state index in [1.165, 1.54) is 48.2 Å². The van der Waals surface area contributed by atoms with Crippen LogP contribution in [0.1, 0.15) is 62.3 Å². The van der Waals surface area contributed by atoms with Gasteiger partial charge < -0.3 is 19.9 Å². The highest BCUT2D eigenvalue weighted by atomic mass is 16.1. The number of anilines is 1. The zero-order chi connectivity index (χ0) is 27.3. The van der Waals surface area contributed by atoms with E-state index in [0.29, 0.717) is 0 Å². The standard InChI is InChI=1S/C23H30N2O2.C10H13N/c1-4-5-15-25(3)22-9-6-8-21(17-22)20-13-11-19(12-14-20)18(2)24-23(27)10-7-16-26;1-11-7-6-9-4-2-3-5-10(9)8-11/h6,8-9,11-14,16-18H,4-5,7,10,15H2,1-3H3,(H,24,27);2-5H,6-8H2,1H3. The van der Waals surface area contributed by atoms with Crippen LogP contribution in [0.3, 0.4) is 0 Å². The molecule has 1 N–H and O–H groups in total. The maximum absolute atomic E-state index is 11.8. The van der Waals surface area contributed by atoms with Crippen molar-refractivity contribution in [3.8, 4) is 11.1 Å². The molecule has 5 heteroatoms. The number of hydrogen-bond donors (Lipinski definition) is 1. The molecule has 1 heterocycles. The summed E-state index contributed by atoms with van der Waals surface area (Å²) >= 11 is 0. The number of hydrogen-bond acceptors (Lipinski definition) is 4. The highest BCUT2D eigenvalue weighted by molar-refractivity contribution is 5.78. The van der Waals surface area contributed by atoms with E-state index in [4.69, 9.17) is 0 Å². The molecule has 3 aromatic rings. The van der Waals surface area contributed by atoms with Gasteiger partial charge in [0.05, 0.1) is 6.04 Å². The van der Waals surface area contributed by atoms with Gasteiger partial charge in [-0.1, -0.05) is 74.0 Å². The fraction of sp³-hybridized carbons (Fsp3) is 0.394. The number of unbranched alkanes of at least 4 members (excludes halogenated alkanes) is 1. The van der Waals surface area contributed by atoms with Gasteiger partial charge in [-0.05, 0) is 66.8 Å². The van der Waals surface area contributed by atoms with Gasteiger partial charge in [0, 0.05) is 45.2 Å². The van der Waals surface area contributed by atoms with Gasteiger partial charge in [0.2, 0.25) is 5.91 Å². The molecule has 1 aliphatic heterocycles. The van der Waals surface area contributed by atoms with Crippen molar-refractivity contribution in [2.24, 2.45) is 0 Å². The number of nitrogens with zero attached hydrogens (tertiary/aromatic N) is 2. The summed E-state index contributed by atoms with van der Waals surface area (Å²) in [5.41, 5.74) is 7.65. The molecule has 202 valence electrons. The van der Waals surface area contributed by atoms with Crippen LogP contribution in [0.15, 0.2) is 72.8 Å². The number of likely N-dealkylation sites (N-methyl/N-ethyl adjacent to an activating group) is 1. The average Bonchev–Trinajstić information content (AvgIpc) is 2.95. The van der Waals surface area contributed by atoms with Crippen molar-refractivity contribution in [3.05, 3.63) is 89.5 Å². The van der Waals surface area contributed by atoms with E-state index < -0.39 is 0 Å². The Labute approximate surface area is 228 Å². The van der Waals surface area contributed by atoms with E-state index in [2.05, 4.69) is 96.8 Å². The number of amides is 1. The molecular formula is C33H43N3O2. The van der Waals surface area contributed by atoms with Gasteiger partial charge in [0.25, 0.3) is 0 Å². The number of nitrogens with one attached hydrogen (secondary N) is 1. The first-order valence-corrected chi connectivity index (χ1v) is 13.8. The monoisotopic (exact) mass is 513 g/mol. The summed E-state index contributed by atoms with van der Waals surface area (Å²) in [5, 5.41) is 2.93. The van der Waals surface area contributed by atoms with Gasteiger partial charge in [-0.2, -0.15) is 0 Å². The smallest absolute Gasteiger partial charge is 0.220 e. The van der Waals surface area contributed by atoms with Crippen LogP contribution < -0.4 is 10.2 Å². The van der Waals surface area contributed by atoms with E-state index in [9.17, 15) is 9.59 Å². The third-order valence-corrected chi connectivity index (χ3v) is 7.07.